The zero-order valence-electron chi connectivity index (χ0n) is 14.7. The molecule has 1 amide bonds. The summed E-state index contributed by atoms with van der Waals surface area (Å²) in [6.07, 6.45) is 2.38. The van der Waals surface area contributed by atoms with Gasteiger partial charge in [-0.3, -0.25) is 9.78 Å². The molecule has 0 fully saturated rings. The molecule has 1 aromatic carbocycles. The number of carbonyl (C=O) groups is 1. The number of pyridine rings is 1. The monoisotopic (exact) mass is 415 g/mol. The summed E-state index contributed by atoms with van der Waals surface area (Å²) < 4.78 is 30.8. The van der Waals surface area contributed by atoms with Gasteiger partial charge in [0.25, 0.3) is 0 Å². The predicted molar refractivity (Wildman–Crippen MR) is 105 cm³/mol. The van der Waals surface area contributed by atoms with Gasteiger partial charge >= 0.3 is 10.1 Å². The largest absolute Gasteiger partial charge is 0.378 e. The Kier molecular flexibility index (Phi) is 4.88. The van der Waals surface area contributed by atoms with Crippen LogP contribution in [0.5, 0.6) is 5.75 Å². The van der Waals surface area contributed by atoms with Gasteiger partial charge in [-0.25, -0.2) is 0 Å². The van der Waals surface area contributed by atoms with Crippen molar-refractivity contribution >= 4 is 27.4 Å². The number of nitrogens with one attached hydrogen (secondary N) is 1. The van der Waals surface area contributed by atoms with Crippen LogP contribution in [0, 0.1) is 0 Å². The molecule has 0 bridgehead atoms. The van der Waals surface area contributed by atoms with Crippen LogP contribution in [0.4, 0.5) is 0 Å². The van der Waals surface area contributed by atoms with Crippen LogP contribution in [0.2, 0.25) is 0 Å². The average Bonchev–Trinajstić information content (AvgIpc) is 3.19. The third-order valence-corrected chi connectivity index (χ3v) is 7.21. The first kappa shape index (κ1) is 18.6. The van der Waals surface area contributed by atoms with E-state index < -0.39 is 22.1 Å². The van der Waals surface area contributed by atoms with Gasteiger partial charge in [0.05, 0.1) is 10.6 Å². The fraction of sp³-hybridized carbons (Fsp3) is 0.158. The number of carbonyl (C=O) groups excluding carboxylic acids is 1. The van der Waals surface area contributed by atoms with Crippen molar-refractivity contribution in [1.29, 1.82) is 0 Å². The number of hydrogen-bond acceptors (Lipinski definition) is 7. The van der Waals surface area contributed by atoms with Crippen LogP contribution in [0.15, 0.2) is 58.9 Å². The van der Waals surface area contributed by atoms with Crippen molar-refractivity contribution in [2.24, 2.45) is 5.73 Å². The zero-order chi connectivity index (χ0) is 19.7. The summed E-state index contributed by atoms with van der Waals surface area (Å²) >= 11 is 1.08. The first-order valence-electron chi connectivity index (χ1n) is 8.55. The van der Waals surface area contributed by atoms with Gasteiger partial charge in [0.15, 0.2) is 4.21 Å². The van der Waals surface area contributed by atoms with E-state index in [1.165, 1.54) is 6.07 Å². The Morgan fingerprint density at radius 3 is 2.82 bits per heavy atom. The normalized spacial score (nSPS) is 16.4. The molecule has 0 spiro atoms. The van der Waals surface area contributed by atoms with Crippen LogP contribution < -0.4 is 15.2 Å². The molecule has 4 rings (SSSR count). The molecular weight excluding hydrogens is 398 g/mol. The van der Waals surface area contributed by atoms with Crippen LogP contribution in [-0.4, -0.2) is 25.9 Å². The average molecular weight is 415 g/mol. The Hall–Kier alpha value is -2.75. The lowest BCUT2D eigenvalue weighted by Gasteiger charge is -2.24. The quantitative estimate of drug-likeness (QED) is 0.618. The van der Waals surface area contributed by atoms with Gasteiger partial charge in [-0.15, -0.1) is 11.3 Å². The molecular formula is C19H17N3O4S2. The van der Waals surface area contributed by atoms with Crippen LogP contribution in [0.25, 0.3) is 10.6 Å². The fourth-order valence-electron chi connectivity index (χ4n) is 3.10. The predicted octanol–water partition coefficient (Wildman–Crippen LogP) is 2.25. The Labute approximate surface area is 166 Å². The lowest BCUT2D eigenvalue weighted by atomic mass is 9.94. The summed E-state index contributed by atoms with van der Waals surface area (Å²) in [6, 6.07) is 12.9. The number of hydrogen-bond donors (Lipinski definition) is 2. The Morgan fingerprint density at radius 2 is 2.07 bits per heavy atom. The summed E-state index contributed by atoms with van der Waals surface area (Å²) in [5.74, 6) is -0.374. The Bertz CT molecular complexity index is 1130. The maximum atomic E-state index is 12.7. The Balaban J connectivity index is 1.61. The zero-order valence-corrected chi connectivity index (χ0v) is 16.3. The van der Waals surface area contributed by atoms with Gasteiger partial charge in [0.2, 0.25) is 5.91 Å². The van der Waals surface area contributed by atoms with Crippen LogP contribution in [0.1, 0.15) is 17.2 Å². The van der Waals surface area contributed by atoms with E-state index in [0.717, 1.165) is 28.2 Å². The summed E-state index contributed by atoms with van der Waals surface area (Å²) in [6.45, 7) is 0.630. The highest BCUT2D eigenvalue weighted by Gasteiger charge is 2.26. The highest BCUT2D eigenvalue weighted by Crippen LogP contribution is 2.32. The second-order valence-electron chi connectivity index (χ2n) is 6.27. The third kappa shape index (κ3) is 3.64. The fourth-order valence-corrected chi connectivity index (χ4v) is 5.27. The highest BCUT2D eigenvalue weighted by molar-refractivity contribution is 7.89. The van der Waals surface area contributed by atoms with Crippen molar-refractivity contribution < 1.29 is 17.4 Å². The van der Waals surface area contributed by atoms with Crippen molar-refractivity contribution in [2.75, 3.05) is 6.54 Å². The van der Waals surface area contributed by atoms with Crippen molar-refractivity contribution in [1.82, 2.24) is 10.3 Å². The second-order valence-corrected chi connectivity index (χ2v) is 9.13. The smallest absolute Gasteiger partial charge is 0.348 e. The molecule has 1 aliphatic heterocycles. The van der Waals surface area contributed by atoms with Gasteiger partial charge in [-0.1, -0.05) is 12.1 Å². The number of amides is 1. The third-order valence-electron chi connectivity index (χ3n) is 4.41. The van der Waals surface area contributed by atoms with Crippen LogP contribution in [-0.2, 0) is 21.3 Å². The SMILES string of the molecule is NC(=O)C1NCCc2ccc(OS(=O)(=O)c3ccc(-c4ccccn4)s3)cc21. The summed E-state index contributed by atoms with van der Waals surface area (Å²) in [4.78, 5) is 16.6. The molecule has 2 aromatic heterocycles. The molecule has 0 aliphatic carbocycles. The maximum absolute atomic E-state index is 12.7. The summed E-state index contributed by atoms with van der Waals surface area (Å²) in [7, 11) is -4.01. The number of benzene rings is 1. The lowest BCUT2D eigenvalue weighted by molar-refractivity contribution is -0.120. The molecule has 7 nitrogen and oxygen atoms in total. The Morgan fingerprint density at radius 1 is 1.21 bits per heavy atom. The molecule has 28 heavy (non-hydrogen) atoms. The van der Waals surface area contributed by atoms with Gasteiger partial charge in [0.1, 0.15) is 11.8 Å². The van der Waals surface area contributed by atoms with E-state index in [4.69, 9.17) is 9.92 Å². The van der Waals surface area contributed by atoms with E-state index in [-0.39, 0.29) is 9.96 Å². The first-order valence-corrected chi connectivity index (χ1v) is 10.8. The maximum Gasteiger partial charge on any atom is 0.348 e. The standard InChI is InChI=1S/C19H17N3O4S2/c20-19(23)18-14-11-13(5-4-12(14)8-10-22-18)26-28(24,25)17-7-6-16(27-17)15-3-1-2-9-21-15/h1-7,9,11,18,22H,8,10H2,(H2,20,23). The molecule has 3 N–H and O–H groups in total. The van der Waals surface area contributed by atoms with Crippen LogP contribution in [0.3, 0.4) is 0 Å². The molecule has 1 unspecified atom stereocenters. The van der Waals surface area contributed by atoms with Crippen molar-refractivity contribution in [3.8, 4) is 16.3 Å². The molecule has 0 saturated carbocycles. The van der Waals surface area contributed by atoms with E-state index in [9.17, 15) is 13.2 Å². The summed E-state index contributed by atoms with van der Waals surface area (Å²) in [5, 5.41) is 3.03. The van der Waals surface area contributed by atoms with Crippen molar-refractivity contribution in [3.63, 3.8) is 0 Å². The molecule has 3 heterocycles. The molecule has 0 radical (unpaired) electrons. The molecule has 1 aliphatic rings. The van der Waals surface area contributed by atoms with Crippen molar-refractivity contribution in [2.45, 2.75) is 16.7 Å². The van der Waals surface area contributed by atoms with Gasteiger partial charge in [-0.05, 0) is 53.9 Å². The van der Waals surface area contributed by atoms with Gasteiger partial charge in [-0.2, -0.15) is 8.42 Å². The number of nitrogens with two attached hydrogens (primary N) is 1. The minimum absolute atomic E-state index is 0.0791. The minimum atomic E-state index is -4.01. The molecule has 1 atom stereocenters. The number of thiophene rings is 1. The number of rotatable bonds is 5. The molecule has 3 aromatic rings. The number of primary amides is 1. The number of aromatic nitrogens is 1. The van der Waals surface area contributed by atoms with E-state index in [1.807, 2.05) is 12.1 Å². The van der Waals surface area contributed by atoms with E-state index in [2.05, 4.69) is 10.3 Å². The van der Waals surface area contributed by atoms with Crippen LogP contribution >= 0.6 is 11.3 Å². The second kappa shape index (κ2) is 7.34. The molecule has 144 valence electrons. The number of nitrogens with zero attached hydrogens (tertiary/aromatic N) is 1. The van der Waals surface area contributed by atoms with Crippen molar-refractivity contribution in [3.05, 3.63) is 65.9 Å². The minimum Gasteiger partial charge on any atom is -0.378 e. The lowest BCUT2D eigenvalue weighted by Crippen LogP contribution is -2.38. The summed E-state index contributed by atoms with van der Waals surface area (Å²) in [5.41, 5.74) is 7.73. The van der Waals surface area contributed by atoms with Gasteiger partial charge < -0.3 is 15.2 Å². The van der Waals surface area contributed by atoms with Gasteiger partial charge in [0, 0.05) is 12.7 Å². The first-order chi connectivity index (χ1) is 13.4. The molecule has 9 heteroatoms. The van der Waals surface area contributed by atoms with E-state index >= 15 is 0 Å². The van der Waals surface area contributed by atoms with E-state index in [1.54, 1.807) is 36.5 Å². The topological polar surface area (TPSA) is 111 Å². The van der Waals surface area contributed by atoms with E-state index in [0.29, 0.717) is 17.8 Å². The highest BCUT2D eigenvalue weighted by atomic mass is 32.3. The molecule has 0 saturated heterocycles. The number of fused-ring (bicyclic) bond motifs is 1.